The molecular weight excluding hydrogens is 610 g/mol. The first kappa shape index (κ1) is 35.4. The molecule has 4 N–H and O–H groups in total. The number of benzene rings is 1. The van der Waals surface area contributed by atoms with Gasteiger partial charge in [0.1, 0.15) is 11.6 Å². The van der Waals surface area contributed by atoms with Crippen molar-refractivity contribution in [1.29, 1.82) is 0 Å². The Bertz CT molecular complexity index is 1440. The Morgan fingerprint density at radius 3 is 2.57 bits per heavy atom. The zero-order valence-electron chi connectivity index (χ0n) is 27.4. The van der Waals surface area contributed by atoms with Crippen LogP contribution in [0.15, 0.2) is 41.3 Å². The molecule has 0 spiro atoms. The lowest BCUT2D eigenvalue weighted by Crippen LogP contribution is -2.57. The van der Waals surface area contributed by atoms with Crippen LogP contribution in [0, 0.1) is 11.3 Å². The number of urea groups is 1. The lowest BCUT2D eigenvalue weighted by atomic mass is 9.86. The number of carboxylic acid groups (broad SMARTS) is 1. The third-order valence-corrected chi connectivity index (χ3v) is 11.3. The summed E-state index contributed by atoms with van der Waals surface area (Å²) < 4.78 is 28.0. The van der Waals surface area contributed by atoms with Gasteiger partial charge in [-0.2, -0.15) is 4.31 Å². The first-order chi connectivity index (χ1) is 21.7. The van der Waals surface area contributed by atoms with Crippen LogP contribution in [0.5, 0.6) is 0 Å². The zero-order chi connectivity index (χ0) is 33.7. The predicted octanol–water partition coefficient (Wildman–Crippen LogP) is 3.03. The molecule has 0 radical (unpaired) electrons. The minimum absolute atomic E-state index is 0.0656. The Morgan fingerprint density at radius 1 is 1.13 bits per heavy atom. The molecule has 3 unspecified atom stereocenters. The molecule has 1 aromatic carbocycles. The quantitative estimate of drug-likeness (QED) is 0.187. The first-order valence-electron chi connectivity index (χ1n) is 16.3. The number of carbonyl (C=O) groups is 4. The van der Waals surface area contributed by atoms with Crippen molar-refractivity contribution in [3.63, 3.8) is 0 Å². The summed E-state index contributed by atoms with van der Waals surface area (Å²) in [5, 5.41) is 18.1. The van der Waals surface area contributed by atoms with E-state index in [1.165, 1.54) is 9.21 Å². The third kappa shape index (κ3) is 8.09. The van der Waals surface area contributed by atoms with Gasteiger partial charge >= 0.3 is 12.0 Å². The van der Waals surface area contributed by atoms with Crippen molar-refractivity contribution in [2.75, 3.05) is 26.2 Å². The van der Waals surface area contributed by atoms with Crippen molar-refractivity contribution in [3.8, 4) is 0 Å². The average Bonchev–Trinajstić information content (AvgIpc) is 3.46. The topological polar surface area (TPSA) is 165 Å². The smallest absolute Gasteiger partial charge is 0.330 e. The highest BCUT2D eigenvalue weighted by atomic mass is 32.2. The highest BCUT2D eigenvalue weighted by Gasteiger charge is 2.61. The molecule has 254 valence electrons. The van der Waals surface area contributed by atoms with E-state index in [1.807, 2.05) is 45.1 Å². The van der Waals surface area contributed by atoms with Gasteiger partial charge in [0.25, 0.3) is 0 Å². The normalized spacial score (nSPS) is 24.7. The van der Waals surface area contributed by atoms with Crippen LogP contribution in [-0.4, -0.2) is 90.3 Å². The molecule has 12 nitrogen and oxygen atoms in total. The third-order valence-electron chi connectivity index (χ3n) is 9.32. The summed E-state index contributed by atoms with van der Waals surface area (Å²) in [4.78, 5) is 53.2. The van der Waals surface area contributed by atoms with Crippen molar-refractivity contribution in [1.82, 2.24) is 25.2 Å². The number of sulfonamides is 1. The van der Waals surface area contributed by atoms with Crippen LogP contribution in [0.3, 0.4) is 0 Å². The van der Waals surface area contributed by atoms with Gasteiger partial charge in [0.2, 0.25) is 21.8 Å². The van der Waals surface area contributed by atoms with Gasteiger partial charge in [-0.3, -0.25) is 9.59 Å². The van der Waals surface area contributed by atoms with E-state index in [0.717, 1.165) is 31.2 Å². The summed E-state index contributed by atoms with van der Waals surface area (Å²) in [7, 11) is -3.73. The van der Waals surface area contributed by atoms with E-state index >= 15 is 0 Å². The number of allylic oxidation sites excluding steroid dienone is 1. The minimum atomic E-state index is -3.73. The number of carboxylic acids is 1. The predicted molar refractivity (Wildman–Crippen MR) is 173 cm³/mol. The SMILES string of the molecule is CCCCC/C=C\C1CC1(NC(=O)[C@@H]1CCCN1C(=O)CNC(=O)NC(CN1CCc2ccccc2S1(=O)=O)C(C)(C)C)C(=O)O. The molecule has 46 heavy (non-hydrogen) atoms. The number of rotatable bonds is 13. The fourth-order valence-corrected chi connectivity index (χ4v) is 7.95. The largest absolute Gasteiger partial charge is 0.479 e. The molecule has 1 aliphatic carbocycles. The van der Waals surface area contributed by atoms with Crippen molar-refractivity contribution >= 4 is 33.8 Å². The summed E-state index contributed by atoms with van der Waals surface area (Å²) in [6.07, 6.45) is 9.80. The first-order valence-corrected chi connectivity index (χ1v) is 17.8. The van der Waals surface area contributed by atoms with E-state index in [9.17, 15) is 32.7 Å². The van der Waals surface area contributed by atoms with Crippen LogP contribution in [0.4, 0.5) is 4.79 Å². The molecular formula is C33H49N5O7S. The summed E-state index contributed by atoms with van der Waals surface area (Å²) in [6, 6.07) is 4.90. The van der Waals surface area contributed by atoms with Gasteiger partial charge in [0, 0.05) is 31.6 Å². The van der Waals surface area contributed by atoms with Gasteiger partial charge in [0.05, 0.1) is 11.4 Å². The van der Waals surface area contributed by atoms with Crippen LogP contribution < -0.4 is 16.0 Å². The van der Waals surface area contributed by atoms with Gasteiger partial charge in [-0.05, 0) is 55.6 Å². The van der Waals surface area contributed by atoms with E-state index in [0.29, 0.717) is 38.8 Å². The number of nitrogens with one attached hydrogen (secondary N) is 3. The summed E-state index contributed by atoms with van der Waals surface area (Å²) in [6.45, 7) is 8.13. The van der Waals surface area contributed by atoms with Crippen molar-refractivity contribution in [2.45, 2.75) is 102 Å². The Morgan fingerprint density at radius 2 is 1.87 bits per heavy atom. The van der Waals surface area contributed by atoms with Crippen LogP contribution in [0.25, 0.3) is 0 Å². The maximum absolute atomic E-state index is 13.3. The van der Waals surface area contributed by atoms with Gasteiger partial charge < -0.3 is 26.0 Å². The number of nitrogens with zero attached hydrogens (tertiary/aromatic N) is 2. The molecule has 13 heteroatoms. The Balaban J connectivity index is 1.31. The number of likely N-dealkylation sites (tertiary alicyclic amines) is 1. The van der Waals surface area contributed by atoms with Gasteiger partial charge in [0.15, 0.2) is 0 Å². The second kappa shape index (κ2) is 14.5. The number of fused-ring (bicyclic) bond motifs is 1. The molecule has 0 aromatic heterocycles. The monoisotopic (exact) mass is 659 g/mol. The molecule has 4 rings (SSSR count). The van der Waals surface area contributed by atoms with E-state index < -0.39 is 56.9 Å². The standard InChI is InChI=1S/C33H49N5O7S/c1-5-6-7-8-9-14-24-20-33(24,30(41)42)36-29(40)25-15-12-18-38(25)28(39)21-34-31(43)35-27(32(2,3)4)22-37-19-17-23-13-10-11-16-26(23)46(37,44)45/h9-11,13-14,16,24-25,27H,5-8,12,15,17-22H2,1-4H3,(H,36,40)(H,41,42)(H2,34,35,43)/b14-9-/t24?,25-,27?,33?/m0/s1. The number of unbranched alkanes of at least 4 members (excludes halogenated alkanes) is 3. The highest BCUT2D eigenvalue weighted by molar-refractivity contribution is 7.89. The fourth-order valence-electron chi connectivity index (χ4n) is 6.24. The molecule has 4 atom stereocenters. The number of carbonyl (C=O) groups excluding carboxylic acids is 3. The second-order valence-electron chi connectivity index (χ2n) is 13.7. The lowest BCUT2D eigenvalue weighted by Gasteiger charge is -2.37. The van der Waals surface area contributed by atoms with Crippen LogP contribution >= 0.6 is 0 Å². The molecule has 2 aliphatic heterocycles. The summed E-state index contributed by atoms with van der Waals surface area (Å²) in [5.74, 6) is -2.34. The van der Waals surface area contributed by atoms with Crippen molar-refractivity contribution < 1.29 is 32.7 Å². The lowest BCUT2D eigenvalue weighted by molar-refractivity contribution is -0.145. The fraction of sp³-hybridized carbons (Fsp3) is 0.636. The van der Waals surface area contributed by atoms with E-state index in [1.54, 1.807) is 12.1 Å². The number of amides is 4. The minimum Gasteiger partial charge on any atom is -0.479 e. The van der Waals surface area contributed by atoms with Crippen LogP contribution in [0.2, 0.25) is 0 Å². The van der Waals surface area contributed by atoms with Crippen LogP contribution in [0.1, 0.15) is 78.2 Å². The van der Waals surface area contributed by atoms with Crippen LogP contribution in [-0.2, 0) is 30.8 Å². The molecule has 1 saturated heterocycles. The number of hydrogen-bond donors (Lipinski definition) is 4. The Labute approximate surface area is 272 Å². The molecule has 1 saturated carbocycles. The molecule has 4 amide bonds. The van der Waals surface area contributed by atoms with Crippen molar-refractivity contribution in [2.24, 2.45) is 11.3 Å². The number of aliphatic carboxylic acids is 1. The van der Waals surface area contributed by atoms with E-state index in [4.69, 9.17) is 0 Å². The van der Waals surface area contributed by atoms with Gasteiger partial charge in [-0.15, -0.1) is 0 Å². The Hall–Kier alpha value is -3.45. The van der Waals surface area contributed by atoms with Crippen molar-refractivity contribution in [3.05, 3.63) is 42.0 Å². The average molecular weight is 660 g/mol. The zero-order valence-corrected chi connectivity index (χ0v) is 28.2. The van der Waals surface area contributed by atoms with Gasteiger partial charge in [-0.1, -0.05) is 70.9 Å². The van der Waals surface area contributed by atoms with Gasteiger partial charge in [-0.25, -0.2) is 18.0 Å². The number of hydrogen-bond acceptors (Lipinski definition) is 6. The molecule has 3 aliphatic rings. The summed E-state index contributed by atoms with van der Waals surface area (Å²) >= 11 is 0. The van der Waals surface area contributed by atoms with E-state index in [2.05, 4.69) is 22.9 Å². The molecule has 2 heterocycles. The summed E-state index contributed by atoms with van der Waals surface area (Å²) in [5.41, 5.74) is -1.09. The molecule has 2 fully saturated rings. The van der Waals surface area contributed by atoms with E-state index in [-0.39, 0.29) is 23.9 Å². The highest BCUT2D eigenvalue weighted by Crippen LogP contribution is 2.45. The molecule has 1 aromatic rings. The Kier molecular flexibility index (Phi) is 11.2. The second-order valence-corrected chi connectivity index (χ2v) is 15.6. The maximum Gasteiger partial charge on any atom is 0.330 e. The molecule has 0 bridgehead atoms. The maximum atomic E-state index is 13.3.